The predicted molar refractivity (Wildman–Crippen MR) is 109 cm³/mol. The Kier molecular flexibility index (Phi) is 7.81. The molecule has 1 saturated carbocycles. The standard InChI is InChI=1S/C22H40OSi/c1-22(2,3)24(4,21-18-14-15-19-21)23-20-16-12-10-8-6-5-7-9-11-13-17-20/h14-15,18-21H,5-13,16-17H2,1-4H3. The SMILES string of the molecule is CC(C)(C)[Si](C)(OC1CCCCCCCCCCC1)C1C=CC=C1. The predicted octanol–water partition coefficient (Wildman–Crippen LogP) is 7.55. The summed E-state index contributed by atoms with van der Waals surface area (Å²) in [7, 11) is -1.87. The zero-order chi connectivity index (χ0) is 17.5. The van der Waals surface area contributed by atoms with E-state index in [0.29, 0.717) is 11.6 Å². The largest absolute Gasteiger partial charge is 0.413 e. The highest BCUT2D eigenvalue weighted by molar-refractivity contribution is 6.77. The molecular formula is C22H40OSi. The highest BCUT2D eigenvalue weighted by Crippen LogP contribution is 2.48. The van der Waals surface area contributed by atoms with Gasteiger partial charge in [-0.2, -0.15) is 0 Å². The fourth-order valence-corrected chi connectivity index (χ4v) is 7.54. The van der Waals surface area contributed by atoms with Gasteiger partial charge in [-0.15, -0.1) is 0 Å². The van der Waals surface area contributed by atoms with Crippen LogP contribution in [0.4, 0.5) is 0 Å². The van der Waals surface area contributed by atoms with Gasteiger partial charge >= 0.3 is 0 Å². The van der Waals surface area contributed by atoms with Crippen LogP contribution < -0.4 is 0 Å². The molecule has 0 bridgehead atoms. The summed E-state index contributed by atoms with van der Waals surface area (Å²) in [4.78, 5) is 0. The van der Waals surface area contributed by atoms with Crippen molar-refractivity contribution in [3.63, 3.8) is 0 Å². The van der Waals surface area contributed by atoms with Crippen LogP contribution in [0.1, 0.15) is 91.4 Å². The van der Waals surface area contributed by atoms with Gasteiger partial charge in [0.05, 0.1) is 0 Å². The molecule has 24 heavy (non-hydrogen) atoms. The highest BCUT2D eigenvalue weighted by atomic mass is 28.4. The molecule has 0 aromatic rings. The maximum atomic E-state index is 7.07. The second kappa shape index (κ2) is 9.38. The maximum Gasteiger partial charge on any atom is 0.205 e. The second-order valence-corrected chi connectivity index (χ2v) is 13.8. The van der Waals surface area contributed by atoms with Gasteiger partial charge in [0, 0.05) is 11.6 Å². The Balaban J connectivity index is 2.03. The van der Waals surface area contributed by atoms with Gasteiger partial charge in [-0.1, -0.05) is 103 Å². The Labute approximate surface area is 152 Å². The Hall–Kier alpha value is -0.343. The minimum atomic E-state index is -1.87. The fraction of sp³-hybridized carbons (Fsp3) is 0.818. The summed E-state index contributed by atoms with van der Waals surface area (Å²) in [6.45, 7) is 9.67. The van der Waals surface area contributed by atoms with Crippen LogP contribution in [-0.2, 0) is 4.43 Å². The molecule has 0 aromatic carbocycles. The van der Waals surface area contributed by atoms with Crippen molar-refractivity contribution in [1.82, 2.24) is 0 Å². The van der Waals surface area contributed by atoms with E-state index in [0.717, 1.165) is 0 Å². The molecule has 1 fully saturated rings. The lowest BCUT2D eigenvalue weighted by atomic mass is 10.00. The number of hydrogen-bond acceptors (Lipinski definition) is 1. The normalized spacial score (nSPS) is 25.2. The van der Waals surface area contributed by atoms with Gasteiger partial charge in [0.25, 0.3) is 0 Å². The summed E-state index contributed by atoms with van der Waals surface area (Å²) in [6.07, 6.45) is 24.9. The van der Waals surface area contributed by atoms with Crippen LogP contribution in [0.25, 0.3) is 0 Å². The fourth-order valence-electron chi connectivity index (χ4n) is 4.14. The molecule has 0 radical (unpaired) electrons. The first-order valence-electron chi connectivity index (χ1n) is 10.5. The molecule has 2 aliphatic rings. The first kappa shape index (κ1) is 20.0. The Bertz CT molecular complexity index is 396. The summed E-state index contributed by atoms with van der Waals surface area (Å²) < 4.78 is 7.07. The number of allylic oxidation sites excluding steroid dienone is 4. The lowest BCUT2D eigenvalue weighted by molar-refractivity contribution is 0.149. The maximum absolute atomic E-state index is 7.07. The quantitative estimate of drug-likeness (QED) is 0.478. The molecule has 2 rings (SSSR count). The molecular weight excluding hydrogens is 308 g/mol. The minimum Gasteiger partial charge on any atom is -0.413 e. The molecule has 2 aliphatic carbocycles. The zero-order valence-corrected chi connectivity index (χ0v) is 17.7. The molecule has 0 spiro atoms. The van der Waals surface area contributed by atoms with Gasteiger partial charge in [0.1, 0.15) is 0 Å². The third-order valence-electron chi connectivity index (χ3n) is 6.34. The smallest absolute Gasteiger partial charge is 0.205 e. The van der Waals surface area contributed by atoms with Gasteiger partial charge in [-0.05, 0) is 24.4 Å². The molecule has 0 saturated heterocycles. The van der Waals surface area contributed by atoms with E-state index in [4.69, 9.17) is 4.43 Å². The summed E-state index contributed by atoms with van der Waals surface area (Å²) in [5.74, 6) is 0. The topological polar surface area (TPSA) is 9.23 Å². The van der Waals surface area contributed by atoms with Crippen LogP contribution in [0, 0.1) is 0 Å². The number of hydrogen-bond donors (Lipinski definition) is 0. The van der Waals surface area contributed by atoms with E-state index >= 15 is 0 Å². The third kappa shape index (κ3) is 5.59. The van der Waals surface area contributed by atoms with Crippen LogP contribution in [0.15, 0.2) is 24.3 Å². The minimum absolute atomic E-state index is 0.264. The van der Waals surface area contributed by atoms with Gasteiger partial charge in [0.15, 0.2) is 0 Å². The van der Waals surface area contributed by atoms with Crippen LogP contribution in [0.3, 0.4) is 0 Å². The van der Waals surface area contributed by atoms with E-state index in [1.165, 1.54) is 70.6 Å². The summed E-state index contributed by atoms with van der Waals surface area (Å²) in [6, 6.07) is 0. The molecule has 0 heterocycles. The molecule has 1 atom stereocenters. The zero-order valence-electron chi connectivity index (χ0n) is 16.7. The Morgan fingerprint density at radius 2 is 1.17 bits per heavy atom. The van der Waals surface area contributed by atoms with E-state index in [1.807, 2.05) is 0 Å². The third-order valence-corrected chi connectivity index (χ3v) is 11.8. The van der Waals surface area contributed by atoms with Crippen molar-refractivity contribution in [2.75, 3.05) is 0 Å². The summed E-state index contributed by atoms with van der Waals surface area (Å²) >= 11 is 0. The van der Waals surface area contributed by atoms with E-state index in [2.05, 4.69) is 51.6 Å². The van der Waals surface area contributed by atoms with Crippen LogP contribution >= 0.6 is 0 Å². The average molecular weight is 349 g/mol. The Morgan fingerprint density at radius 1 is 0.750 bits per heavy atom. The molecule has 1 unspecified atom stereocenters. The first-order chi connectivity index (χ1) is 11.4. The summed E-state index contributed by atoms with van der Waals surface area (Å²) in [5, 5.41) is 0.264. The van der Waals surface area contributed by atoms with Crippen molar-refractivity contribution in [1.29, 1.82) is 0 Å². The Morgan fingerprint density at radius 3 is 1.58 bits per heavy atom. The molecule has 0 N–H and O–H groups in total. The van der Waals surface area contributed by atoms with Crippen molar-refractivity contribution in [3.05, 3.63) is 24.3 Å². The van der Waals surface area contributed by atoms with Gasteiger partial charge < -0.3 is 4.43 Å². The average Bonchev–Trinajstić information content (AvgIpc) is 3.03. The van der Waals surface area contributed by atoms with Gasteiger partial charge in [-0.25, -0.2) is 0 Å². The van der Waals surface area contributed by atoms with Crippen molar-refractivity contribution in [3.8, 4) is 0 Å². The molecule has 138 valence electrons. The van der Waals surface area contributed by atoms with E-state index in [9.17, 15) is 0 Å². The highest BCUT2D eigenvalue weighted by Gasteiger charge is 2.48. The van der Waals surface area contributed by atoms with E-state index in [-0.39, 0.29) is 5.04 Å². The lowest BCUT2D eigenvalue weighted by Gasteiger charge is -2.45. The lowest BCUT2D eigenvalue weighted by Crippen LogP contribution is -2.49. The van der Waals surface area contributed by atoms with E-state index in [1.54, 1.807) is 0 Å². The van der Waals surface area contributed by atoms with Gasteiger partial charge in [0.2, 0.25) is 8.32 Å². The van der Waals surface area contributed by atoms with E-state index < -0.39 is 8.32 Å². The first-order valence-corrected chi connectivity index (χ1v) is 12.9. The van der Waals surface area contributed by atoms with Crippen molar-refractivity contribution < 1.29 is 4.43 Å². The van der Waals surface area contributed by atoms with Crippen LogP contribution in [0.2, 0.25) is 17.1 Å². The van der Waals surface area contributed by atoms with Crippen molar-refractivity contribution in [2.24, 2.45) is 0 Å². The molecule has 0 aromatic heterocycles. The second-order valence-electron chi connectivity index (χ2n) is 9.15. The van der Waals surface area contributed by atoms with Crippen molar-refractivity contribution in [2.45, 2.75) is 115 Å². The molecule has 2 heteroatoms. The molecule has 0 aliphatic heterocycles. The van der Waals surface area contributed by atoms with Crippen LogP contribution in [0.5, 0.6) is 0 Å². The van der Waals surface area contributed by atoms with Crippen LogP contribution in [-0.4, -0.2) is 14.4 Å². The van der Waals surface area contributed by atoms with Crippen molar-refractivity contribution >= 4 is 8.32 Å². The van der Waals surface area contributed by atoms with Gasteiger partial charge in [-0.3, -0.25) is 0 Å². The molecule has 0 amide bonds. The monoisotopic (exact) mass is 348 g/mol. The summed E-state index contributed by atoms with van der Waals surface area (Å²) in [5.41, 5.74) is 0.541. The molecule has 1 nitrogen and oxygen atoms in total. The number of rotatable bonds is 3.